The van der Waals surface area contributed by atoms with Crippen molar-refractivity contribution < 1.29 is 23.7 Å². The van der Waals surface area contributed by atoms with E-state index >= 15 is 0 Å². The Kier molecular flexibility index (Phi) is 6.60. The molecule has 0 amide bonds. The van der Waals surface area contributed by atoms with E-state index in [1.807, 2.05) is 49.4 Å². The number of halogens is 1. The molecule has 1 saturated carbocycles. The third-order valence-electron chi connectivity index (χ3n) is 5.47. The van der Waals surface area contributed by atoms with E-state index in [4.69, 9.17) is 30.5 Å². The highest BCUT2D eigenvalue weighted by atomic mass is 35.5. The van der Waals surface area contributed by atoms with Crippen LogP contribution in [0.4, 0.5) is 0 Å². The van der Waals surface area contributed by atoms with Gasteiger partial charge in [-0.15, -0.1) is 0 Å². The van der Waals surface area contributed by atoms with Crippen molar-refractivity contribution in [3.8, 4) is 11.5 Å². The van der Waals surface area contributed by atoms with Gasteiger partial charge in [0.15, 0.2) is 11.5 Å². The Morgan fingerprint density at radius 3 is 2.63 bits per heavy atom. The van der Waals surface area contributed by atoms with Crippen LogP contribution in [-0.4, -0.2) is 24.6 Å². The van der Waals surface area contributed by atoms with Gasteiger partial charge in [0.05, 0.1) is 25.2 Å². The third kappa shape index (κ3) is 4.63. The summed E-state index contributed by atoms with van der Waals surface area (Å²) in [5, 5.41) is 0.701. The molecule has 158 valence electrons. The van der Waals surface area contributed by atoms with E-state index in [1.54, 1.807) is 6.07 Å². The molecule has 3 unspecified atom stereocenters. The van der Waals surface area contributed by atoms with Crippen molar-refractivity contribution in [2.24, 2.45) is 5.92 Å². The third-order valence-corrected chi connectivity index (χ3v) is 5.84. The molecule has 0 spiro atoms. The highest BCUT2D eigenvalue weighted by molar-refractivity contribution is 6.31. The quantitative estimate of drug-likeness (QED) is 0.598. The second-order valence-electron chi connectivity index (χ2n) is 7.45. The molecule has 4 rings (SSSR count). The molecule has 5 nitrogen and oxygen atoms in total. The predicted molar refractivity (Wildman–Crippen MR) is 114 cm³/mol. The van der Waals surface area contributed by atoms with Crippen molar-refractivity contribution in [2.75, 3.05) is 6.61 Å². The fraction of sp³-hybridized carbons (Fsp3) is 0.375. The van der Waals surface area contributed by atoms with E-state index in [2.05, 4.69) is 0 Å². The van der Waals surface area contributed by atoms with Gasteiger partial charge in [-0.05, 0) is 43.5 Å². The van der Waals surface area contributed by atoms with Crippen molar-refractivity contribution in [1.82, 2.24) is 0 Å². The summed E-state index contributed by atoms with van der Waals surface area (Å²) in [7, 11) is 0. The summed E-state index contributed by atoms with van der Waals surface area (Å²) >= 11 is 6.21. The molecular formula is C24H25ClO5. The van der Waals surface area contributed by atoms with Gasteiger partial charge >= 0.3 is 0 Å². The monoisotopic (exact) mass is 428 g/mol. The predicted octanol–water partition coefficient (Wildman–Crippen LogP) is 5.31. The molecule has 0 N–H and O–H groups in total. The first-order valence-electron chi connectivity index (χ1n) is 10.3. The molecule has 2 aromatic carbocycles. The van der Waals surface area contributed by atoms with E-state index in [-0.39, 0.29) is 29.7 Å². The molecule has 0 aromatic heterocycles. The topological polar surface area (TPSA) is 54.0 Å². The number of rotatable bonds is 7. The van der Waals surface area contributed by atoms with Crippen molar-refractivity contribution in [1.29, 1.82) is 0 Å². The fourth-order valence-electron chi connectivity index (χ4n) is 3.91. The fourth-order valence-corrected chi connectivity index (χ4v) is 4.10. The zero-order chi connectivity index (χ0) is 20.9. The minimum atomic E-state index is -0.218. The number of allylic oxidation sites excluding steroid dienone is 1. The lowest BCUT2D eigenvalue weighted by atomic mass is 9.80. The molecule has 1 fully saturated rings. The molecule has 3 atom stereocenters. The molecule has 2 aliphatic rings. The van der Waals surface area contributed by atoms with Crippen molar-refractivity contribution in [2.45, 2.75) is 45.0 Å². The van der Waals surface area contributed by atoms with E-state index in [0.717, 1.165) is 12.0 Å². The van der Waals surface area contributed by atoms with Gasteiger partial charge < -0.3 is 18.9 Å². The lowest BCUT2D eigenvalue weighted by Crippen LogP contribution is -2.42. The molecule has 0 bridgehead atoms. The van der Waals surface area contributed by atoms with Crippen molar-refractivity contribution in [3.63, 3.8) is 0 Å². The van der Waals surface area contributed by atoms with E-state index in [1.165, 1.54) is 6.26 Å². The second kappa shape index (κ2) is 9.54. The molecular weight excluding hydrogens is 404 g/mol. The highest BCUT2D eigenvalue weighted by Crippen LogP contribution is 2.37. The van der Waals surface area contributed by atoms with Gasteiger partial charge in [0.2, 0.25) is 11.5 Å². The Labute approximate surface area is 181 Å². The van der Waals surface area contributed by atoms with Gasteiger partial charge in [0.25, 0.3) is 0 Å². The van der Waals surface area contributed by atoms with Crippen molar-refractivity contribution >= 4 is 17.4 Å². The normalized spacial score (nSPS) is 23.2. The summed E-state index contributed by atoms with van der Waals surface area (Å²) in [4.78, 5) is 13.0. The van der Waals surface area contributed by atoms with Gasteiger partial charge in [0.1, 0.15) is 12.4 Å². The van der Waals surface area contributed by atoms with Gasteiger partial charge in [-0.25, -0.2) is 0 Å². The Bertz CT molecular complexity index is 925. The summed E-state index contributed by atoms with van der Waals surface area (Å²) in [5.41, 5.74) is 0.963. The molecule has 2 aromatic rings. The average molecular weight is 429 g/mol. The number of hydrogen-bond acceptors (Lipinski definition) is 5. The van der Waals surface area contributed by atoms with Crippen LogP contribution in [0.25, 0.3) is 0 Å². The lowest BCUT2D eigenvalue weighted by molar-refractivity contribution is -0.134. The van der Waals surface area contributed by atoms with Crippen LogP contribution in [0.3, 0.4) is 0 Å². The standard InChI is InChI=1S/C24H25ClO5/c1-2-27-20-9-5-6-10-21(20)30-23-15-29-22-13-17(11-12-18(22)24(23)26)28-14-16-7-3-4-8-19(16)25/h3-10,15,17-18,22H,2,11-14H2,1H3. The Morgan fingerprint density at radius 2 is 1.83 bits per heavy atom. The zero-order valence-electron chi connectivity index (χ0n) is 16.9. The number of hydrogen-bond donors (Lipinski definition) is 0. The first-order valence-corrected chi connectivity index (χ1v) is 10.7. The van der Waals surface area contributed by atoms with Crippen LogP contribution < -0.4 is 9.47 Å². The average Bonchev–Trinajstić information content (AvgIpc) is 2.76. The van der Waals surface area contributed by atoms with E-state index < -0.39 is 0 Å². The number of Topliss-reactive ketones (excluding diaryl/α,β-unsaturated/α-hetero) is 1. The van der Waals surface area contributed by atoms with E-state index in [9.17, 15) is 4.79 Å². The van der Waals surface area contributed by atoms with Gasteiger partial charge in [-0.3, -0.25) is 4.79 Å². The largest absolute Gasteiger partial charge is 0.493 e. The van der Waals surface area contributed by atoms with Crippen LogP contribution in [0.15, 0.2) is 60.6 Å². The molecule has 1 aliphatic carbocycles. The first kappa shape index (κ1) is 20.8. The highest BCUT2D eigenvalue weighted by Gasteiger charge is 2.41. The van der Waals surface area contributed by atoms with Gasteiger partial charge in [-0.2, -0.15) is 0 Å². The van der Waals surface area contributed by atoms with Crippen LogP contribution in [0, 0.1) is 5.92 Å². The Hall–Kier alpha value is -2.50. The van der Waals surface area contributed by atoms with Crippen LogP contribution in [0.1, 0.15) is 31.7 Å². The van der Waals surface area contributed by atoms with Gasteiger partial charge in [0, 0.05) is 11.4 Å². The smallest absolute Gasteiger partial charge is 0.208 e. The maximum Gasteiger partial charge on any atom is 0.208 e. The summed E-state index contributed by atoms with van der Waals surface area (Å²) < 4.78 is 23.4. The Balaban J connectivity index is 1.38. The molecule has 0 saturated heterocycles. The number of ether oxygens (including phenoxy) is 4. The number of fused-ring (bicyclic) bond motifs is 1. The lowest BCUT2D eigenvalue weighted by Gasteiger charge is -2.37. The Morgan fingerprint density at radius 1 is 1.07 bits per heavy atom. The van der Waals surface area contributed by atoms with Gasteiger partial charge in [-0.1, -0.05) is 41.9 Å². The first-order chi connectivity index (χ1) is 14.7. The molecule has 0 radical (unpaired) electrons. The summed E-state index contributed by atoms with van der Waals surface area (Å²) in [6.45, 7) is 2.88. The maximum absolute atomic E-state index is 13.0. The number of ketones is 1. The summed E-state index contributed by atoms with van der Waals surface area (Å²) in [5.74, 6) is 1.09. The number of benzene rings is 2. The number of carbonyl (C=O) groups excluding carboxylic acids is 1. The van der Waals surface area contributed by atoms with Crippen LogP contribution in [0.2, 0.25) is 5.02 Å². The zero-order valence-corrected chi connectivity index (χ0v) is 17.6. The SMILES string of the molecule is CCOc1ccccc1OC1=COC2CC(OCc3ccccc3Cl)CCC2C1=O. The van der Waals surface area contributed by atoms with Crippen molar-refractivity contribution in [3.05, 3.63) is 71.1 Å². The van der Waals surface area contributed by atoms with Crippen LogP contribution in [-0.2, 0) is 20.9 Å². The molecule has 1 heterocycles. The molecule has 30 heavy (non-hydrogen) atoms. The number of carbonyl (C=O) groups is 1. The molecule has 6 heteroatoms. The molecule has 1 aliphatic heterocycles. The van der Waals surface area contributed by atoms with Crippen LogP contribution in [0.5, 0.6) is 11.5 Å². The van der Waals surface area contributed by atoms with E-state index in [0.29, 0.717) is 42.6 Å². The number of para-hydroxylation sites is 2. The summed E-state index contributed by atoms with van der Waals surface area (Å²) in [6.07, 6.45) is 3.43. The summed E-state index contributed by atoms with van der Waals surface area (Å²) in [6, 6.07) is 15.0. The second-order valence-corrected chi connectivity index (χ2v) is 7.85. The van der Waals surface area contributed by atoms with Crippen LogP contribution >= 0.6 is 11.6 Å². The minimum Gasteiger partial charge on any atom is -0.493 e. The maximum atomic E-state index is 13.0. The minimum absolute atomic E-state index is 0.0258.